The van der Waals surface area contributed by atoms with Gasteiger partial charge in [0.15, 0.2) is 11.5 Å². The van der Waals surface area contributed by atoms with E-state index in [-0.39, 0.29) is 5.91 Å². The van der Waals surface area contributed by atoms with E-state index in [2.05, 4.69) is 19.2 Å². The average molecular weight is 349 g/mol. The van der Waals surface area contributed by atoms with E-state index in [1.54, 1.807) is 33.5 Å². The van der Waals surface area contributed by atoms with Crippen LogP contribution in [0.2, 0.25) is 0 Å². The molecule has 0 aliphatic carbocycles. The molecule has 0 aliphatic rings. The van der Waals surface area contributed by atoms with Gasteiger partial charge in [-0.1, -0.05) is 33.1 Å². The molecule has 1 atom stereocenters. The Bertz CT molecular complexity index is 569. The molecule has 0 saturated carbocycles. The molecule has 0 radical (unpaired) electrons. The minimum absolute atomic E-state index is 0.105. The van der Waals surface area contributed by atoms with Crippen LogP contribution in [0.1, 0.15) is 45.1 Å². The molecule has 0 fully saturated rings. The maximum atomic E-state index is 12.1. The molecular weight excluding hydrogens is 318 g/mol. The minimum atomic E-state index is -0.105. The van der Waals surface area contributed by atoms with Crippen molar-refractivity contribution in [2.75, 3.05) is 27.9 Å². The lowest BCUT2D eigenvalue weighted by Crippen LogP contribution is -2.27. The van der Waals surface area contributed by atoms with Crippen LogP contribution in [0.5, 0.6) is 17.2 Å². The monoisotopic (exact) mass is 349 g/mol. The first-order valence-electron chi connectivity index (χ1n) is 8.86. The Morgan fingerprint density at radius 2 is 1.84 bits per heavy atom. The van der Waals surface area contributed by atoms with Crippen molar-refractivity contribution in [2.24, 2.45) is 5.92 Å². The van der Waals surface area contributed by atoms with Crippen molar-refractivity contribution in [1.29, 1.82) is 0 Å². The van der Waals surface area contributed by atoms with Gasteiger partial charge in [0.25, 0.3) is 0 Å². The zero-order valence-corrected chi connectivity index (χ0v) is 16.1. The van der Waals surface area contributed by atoms with Crippen LogP contribution in [0.4, 0.5) is 0 Å². The van der Waals surface area contributed by atoms with E-state index >= 15 is 0 Å². The molecular formula is C20H31NO4. The maximum absolute atomic E-state index is 12.1. The van der Waals surface area contributed by atoms with Gasteiger partial charge < -0.3 is 19.5 Å². The topological polar surface area (TPSA) is 56.8 Å². The normalized spacial score (nSPS) is 12.0. The van der Waals surface area contributed by atoms with Crippen LogP contribution in [0, 0.1) is 5.92 Å². The summed E-state index contributed by atoms with van der Waals surface area (Å²) < 4.78 is 16.0. The standard InChI is InChI=1S/C20H31NO4/c1-6-8-9-15(7-2)14-21-18(22)13-11-16-10-12-17(23-3)20(25-5)19(16)24-4/h10-13,15H,6-9,14H2,1-5H3,(H,21,22)/b13-11+. The number of hydrogen-bond donors (Lipinski definition) is 1. The number of nitrogens with one attached hydrogen (secondary N) is 1. The number of ether oxygens (including phenoxy) is 3. The molecule has 0 saturated heterocycles. The number of rotatable bonds is 11. The van der Waals surface area contributed by atoms with Gasteiger partial charge in [0.1, 0.15) is 0 Å². The molecule has 1 unspecified atom stereocenters. The number of benzene rings is 1. The van der Waals surface area contributed by atoms with Gasteiger partial charge in [-0.05, 0) is 30.5 Å². The molecule has 25 heavy (non-hydrogen) atoms. The molecule has 5 heteroatoms. The highest BCUT2D eigenvalue weighted by Gasteiger charge is 2.14. The highest BCUT2D eigenvalue weighted by molar-refractivity contribution is 5.92. The van der Waals surface area contributed by atoms with Gasteiger partial charge in [0.2, 0.25) is 11.7 Å². The van der Waals surface area contributed by atoms with Crippen molar-refractivity contribution in [1.82, 2.24) is 5.32 Å². The summed E-state index contributed by atoms with van der Waals surface area (Å²) in [5, 5.41) is 2.98. The lowest BCUT2D eigenvalue weighted by molar-refractivity contribution is -0.116. The number of carbonyl (C=O) groups excluding carboxylic acids is 1. The van der Waals surface area contributed by atoms with Gasteiger partial charge in [-0.3, -0.25) is 4.79 Å². The maximum Gasteiger partial charge on any atom is 0.244 e. The fourth-order valence-electron chi connectivity index (χ4n) is 2.67. The number of hydrogen-bond acceptors (Lipinski definition) is 4. The van der Waals surface area contributed by atoms with E-state index < -0.39 is 0 Å². The third-order valence-corrected chi connectivity index (χ3v) is 4.26. The van der Waals surface area contributed by atoms with Crippen LogP contribution >= 0.6 is 0 Å². The summed E-state index contributed by atoms with van der Waals surface area (Å²) in [6.45, 7) is 5.06. The molecule has 0 spiro atoms. The summed E-state index contributed by atoms with van der Waals surface area (Å²) in [7, 11) is 4.69. The van der Waals surface area contributed by atoms with E-state index in [1.165, 1.54) is 18.9 Å². The summed E-state index contributed by atoms with van der Waals surface area (Å²) in [4.78, 5) is 12.1. The van der Waals surface area contributed by atoms with Gasteiger partial charge in [0, 0.05) is 18.2 Å². The Hall–Kier alpha value is -2.17. The summed E-state index contributed by atoms with van der Waals surface area (Å²) in [6, 6.07) is 3.62. The Morgan fingerprint density at radius 1 is 1.12 bits per heavy atom. The second kappa shape index (κ2) is 11.4. The summed E-state index contributed by atoms with van der Waals surface area (Å²) >= 11 is 0. The molecule has 1 rings (SSSR count). The molecule has 0 bridgehead atoms. The molecule has 1 amide bonds. The predicted octanol–water partition coefficient (Wildman–Crippen LogP) is 4.06. The van der Waals surface area contributed by atoms with Crippen LogP contribution in [0.25, 0.3) is 6.08 Å². The molecule has 140 valence electrons. The summed E-state index contributed by atoms with van der Waals surface area (Å²) in [6.07, 6.45) is 7.87. The van der Waals surface area contributed by atoms with E-state index in [4.69, 9.17) is 14.2 Å². The Morgan fingerprint density at radius 3 is 2.40 bits per heavy atom. The Balaban J connectivity index is 2.76. The molecule has 0 aliphatic heterocycles. The largest absolute Gasteiger partial charge is 0.493 e. The lowest BCUT2D eigenvalue weighted by Gasteiger charge is -2.15. The van der Waals surface area contributed by atoms with E-state index in [9.17, 15) is 4.79 Å². The fourth-order valence-corrected chi connectivity index (χ4v) is 2.67. The highest BCUT2D eigenvalue weighted by Crippen LogP contribution is 2.40. The molecule has 1 N–H and O–H groups in total. The first-order valence-corrected chi connectivity index (χ1v) is 8.86. The fraction of sp³-hybridized carbons (Fsp3) is 0.550. The van der Waals surface area contributed by atoms with E-state index in [1.807, 2.05) is 6.07 Å². The van der Waals surface area contributed by atoms with Crippen LogP contribution < -0.4 is 19.5 Å². The van der Waals surface area contributed by atoms with Gasteiger partial charge in [0.05, 0.1) is 21.3 Å². The number of amides is 1. The number of carbonyl (C=O) groups is 1. The van der Waals surface area contributed by atoms with Gasteiger partial charge in [-0.25, -0.2) is 0 Å². The molecule has 1 aromatic rings. The molecule has 0 aromatic heterocycles. The van der Waals surface area contributed by atoms with Crippen molar-refractivity contribution in [3.63, 3.8) is 0 Å². The average Bonchev–Trinajstić information content (AvgIpc) is 2.65. The van der Waals surface area contributed by atoms with Crippen LogP contribution in [-0.4, -0.2) is 33.8 Å². The number of methoxy groups -OCH3 is 3. The van der Waals surface area contributed by atoms with Crippen molar-refractivity contribution in [2.45, 2.75) is 39.5 Å². The van der Waals surface area contributed by atoms with Crippen molar-refractivity contribution >= 4 is 12.0 Å². The molecule has 5 nitrogen and oxygen atoms in total. The van der Waals surface area contributed by atoms with Crippen molar-refractivity contribution in [3.8, 4) is 17.2 Å². The summed E-state index contributed by atoms with van der Waals surface area (Å²) in [5.74, 6) is 2.07. The lowest BCUT2D eigenvalue weighted by atomic mass is 9.99. The Kier molecular flexibility index (Phi) is 9.51. The smallest absolute Gasteiger partial charge is 0.244 e. The van der Waals surface area contributed by atoms with Crippen molar-refractivity contribution in [3.05, 3.63) is 23.8 Å². The first kappa shape index (κ1) is 20.9. The van der Waals surface area contributed by atoms with E-state index in [0.717, 1.165) is 18.4 Å². The molecule has 1 aromatic carbocycles. The quantitative estimate of drug-likeness (QED) is 0.612. The molecule has 0 heterocycles. The highest BCUT2D eigenvalue weighted by atomic mass is 16.5. The van der Waals surface area contributed by atoms with E-state index in [0.29, 0.717) is 29.7 Å². The second-order valence-corrected chi connectivity index (χ2v) is 5.92. The number of unbranched alkanes of at least 4 members (excludes halogenated alkanes) is 1. The van der Waals surface area contributed by atoms with Crippen LogP contribution in [0.15, 0.2) is 18.2 Å². The van der Waals surface area contributed by atoms with Gasteiger partial charge in [-0.2, -0.15) is 0 Å². The van der Waals surface area contributed by atoms with Gasteiger partial charge >= 0.3 is 0 Å². The Labute approximate surface area is 151 Å². The van der Waals surface area contributed by atoms with Crippen molar-refractivity contribution < 1.29 is 19.0 Å². The van der Waals surface area contributed by atoms with Gasteiger partial charge in [-0.15, -0.1) is 0 Å². The van der Waals surface area contributed by atoms with Crippen LogP contribution in [0.3, 0.4) is 0 Å². The SMILES string of the molecule is CCCCC(CC)CNC(=O)/C=C/c1ccc(OC)c(OC)c1OC. The first-order chi connectivity index (χ1) is 12.1. The summed E-state index contributed by atoms with van der Waals surface area (Å²) in [5.41, 5.74) is 0.758. The predicted molar refractivity (Wildman–Crippen MR) is 101 cm³/mol. The third kappa shape index (κ3) is 6.33. The van der Waals surface area contributed by atoms with Crippen LogP contribution in [-0.2, 0) is 4.79 Å². The zero-order valence-electron chi connectivity index (χ0n) is 16.1. The minimum Gasteiger partial charge on any atom is -0.493 e. The second-order valence-electron chi connectivity index (χ2n) is 5.92. The third-order valence-electron chi connectivity index (χ3n) is 4.26. The zero-order chi connectivity index (χ0) is 18.7.